The molecule has 1 aliphatic heterocycles. The Morgan fingerprint density at radius 3 is 2.50 bits per heavy atom. The number of aromatic hydroxyl groups is 1. The fourth-order valence-corrected chi connectivity index (χ4v) is 4.55. The van der Waals surface area contributed by atoms with Gasteiger partial charge in [0.2, 0.25) is 0 Å². The fraction of sp³-hybridized carbons (Fsp3) is 0.385. The lowest BCUT2D eigenvalue weighted by molar-refractivity contribution is 0.0740. The van der Waals surface area contributed by atoms with Crippen LogP contribution in [0.3, 0.4) is 0 Å². The number of rotatable bonds is 6. The molecule has 0 aliphatic carbocycles. The molecule has 0 bridgehead atoms. The molecular weight excluding hydrogens is 422 g/mol. The predicted octanol–water partition coefficient (Wildman–Crippen LogP) is 6.47. The Balaban J connectivity index is 1.83. The standard InChI is InChI=1S/C26H30ClN3O2/c1-5-6-7-14-30-24(16-8-10-17(11-9-16)26(2,3)4)21-22(28-29-23(21)25(30)32)19-15-18(27)12-13-20(19)31/h8-13,15,24,31H,5-7,14H2,1-4H3,(H,28,29). The fourth-order valence-electron chi connectivity index (χ4n) is 4.37. The quantitative estimate of drug-likeness (QED) is 0.422. The molecule has 1 atom stereocenters. The van der Waals surface area contributed by atoms with E-state index in [1.165, 1.54) is 5.56 Å². The zero-order valence-corrected chi connectivity index (χ0v) is 19.8. The van der Waals surface area contributed by atoms with E-state index in [1.807, 2.05) is 4.90 Å². The molecule has 0 radical (unpaired) electrons. The van der Waals surface area contributed by atoms with Crippen LogP contribution in [-0.2, 0) is 5.41 Å². The second-order valence-corrected chi connectivity index (χ2v) is 9.94. The average molecular weight is 452 g/mol. The van der Waals surface area contributed by atoms with E-state index in [2.05, 4.69) is 62.2 Å². The number of phenols is 1. The molecule has 168 valence electrons. The summed E-state index contributed by atoms with van der Waals surface area (Å²) in [5, 5.41) is 18.4. The number of hydrogen-bond acceptors (Lipinski definition) is 3. The van der Waals surface area contributed by atoms with Crippen LogP contribution < -0.4 is 0 Å². The van der Waals surface area contributed by atoms with Gasteiger partial charge in [0.1, 0.15) is 17.1 Å². The molecule has 1 unspecified atom stereocenters. The summed E-state index contributed by atoms with van der Waals surface area (Å²) >= 11 is 6.21. The monoisotopic (exact) mass is 451 g/mol. The molecule has 1 aliphatic rings. The Morgan fingerprint density at radius 1 is 1.12 bits per heavy atom. The molecule has 6 heteroatoms. The first-order valence-corrected chi connectivity index (χ1v) is 11.6. The number of amides is 1. The summed E-state index contributed by atoms with van der Waals surface area (Å²) in [6.45, 7) is 9.38. The van der Waals surface area contributed by atoms with E-state index in [1.54, 1.807) is 18.2 Å². The highest BCUT2D eigenvalue weighted by Crippen LogP contribution is 2.45. The van der Waals surface area contributed by atoms with Crippen molar-refractivity contribution in [3.8, 4) is 17.0 Å². The summed E-state index contributed by atoms with van der Waals surface area (Å²) in [5.74, 6) is 0.0312. The topological polar surface area (TPSA) is 69.2 Å². The Bertz CT molecular complexity index is 1130. The highest BCUT2D eigenvalue weighted by molar-refractivity contribution is 6.31. The van der Waals surface area contributed by atoms with Crippen LogP contribution in [0, 0.1) is 0 Å². The summed E-state index contributed by atoms with van der Waals surface area (Å²) in [6.07, 6.45) is 3.09. The second-order valence-electron chi connectivity index (χ2n) is 9.50. The maximum atomic E-state index is 13.4. The molecule has 32 heavy (non-hydrogen) atoms. The second kappa shape index (κ2) is 8.62. The molecule has 0 saturated heterocycles. The van der Waals surface area contributed by atoms with Crippen molar-refractivity contribution >= 4 is 17.5 Å². The number of phenolic OH excluding ortho intramolecular Hbond substituents is 1. The lowest BCUT2D eigenvalue weighted by Gasteiger charge is -2.27. The Kier molecular flexibility index (Phi) is 6.04. The van der Waals surface area contributed by atoms with Crippen molar-refractivity contribution in [1.82, 2.24) is 15.1 Å². The Morgan fingerprint density at radius 2 is 1.84 bits per heavy atom. The SMILES string of the molecule is CCCCCN1C(=O)c2[nH]nc(-c3cc(Cl)ccc3O)c2C1c1ccc(C(C)(C)C)cc1. The summed E-state index contributed by atoms with van der Waals surface area (Å²) in [4.78, 5) is 15.3. The molecule has 0 fully saturated rings. The number of halogens is 1. The summed E-state index contributed by atoms with van der Waals surface area (Å²) < 4.78 is 0. The van der Waals surface area contributed by atoms with Gasteiger partial charge in [-0.3, -0.25) is 9.89 Å². The largest absolute Gasteiger partial charge is 0.507 e. The van der Waals surface area contributed by atoms with Gasteiger partial charge in [-0.1, -0.05) is 76.4 Å². The number of unbranched alkanes of at least 4 members (excludes halogenated alkanes) is 2. The van der Waals surface area contributed by atoms with Gasteiger partial charge in [0.25, 0.3) is 5.91 Å². The summed E-state index contributed by atoms with van der Waals surface area (Å²) in [6, 6.07) is 13.1. The molecule has 2 aromatic carbocycles. The molecule has 4 rings (SSSR count). The first-order chi connectivity index (χ1) is 15.2. The van der Waals surface area contributed by atoms with E-state index in [-0.39, 0.29) is 23.1 Å². The van der Waals surface area contributed by atoms with E-state index in [4.69, 9.17) is 11.6 Å². The number of carbonyl (C=O) groups excluding carboxylic acids is 1. The first-order valence-electron chi connectivity index (χ1n) is 11.2. The number of fused-ring (bicyclic) bond motifs is 1. The van der Waals surface area contributed by atoms with Crippen molar-refractivity contribution in [1.29, 1.82) is 0 Å². The van der Waals surface area contributed by atoms with Gasteiger partial charge in [-0.25, -0.2) is 0 Å². The van der Waals surface area contributed by atoms with Crippen molar-refractivity contribution in [2.24, 2.45) is 0 Å². The maximum absolute atomic E-state index is 13.4. The third kappa shape index (κ3) is 4.02. The number of nitrogens with zero attached hydrogens (tertiary/aromatic N) is 2. The third-order valence-electron chi connectivity index (χ3n) is 6.17. The average Bonchev–Trinajstić information content (AvgIpc) is 3.29. The van der Waals surface area contributed by atoms with Crippen LogP contribution in [0.25, 0.3) is 11.3 Å². The smallest absolute Gasteiger partial charge is 0.273 e. The lowest BCUT2D eigenvalue weighted by Crippen LogP contribution is -2.30. The zero-order chi connectivity index (χ0) is 23.0. The lowest BCUT2D eigenvalue weighted by atomic mass is 9.85. The molecular formula is C26H30ClN3O2. The van der Waals surface area contributed by atoms with Gasteiger partial charge in [0, 0.05) is 22.7 Å². The van der Waals surface area contributed by atoms with E-state index >= 15 is 0 Å². The third-order valence-corrected chi connectivity index (χ3v) is 6.41. The van der Waals surface area contributed by atoms with Gasteiger partial charge < -0.3 is 10.0 Å². The minimum atomic E-state index is -0.268. The zero-order valence-electron chi connectivity index (χ0n) is 19.1. The summed E-state index contributed by atoms with van der Waals surface area (Å²) in [5.41, 5.74) is 4.69. The van der Waals surface area contributed by atoms with Crippen molar-refractivity contribution in [2.75, 3.05) is 6.54 Å². The van der Waals surface area contributed by atoms with Crippen molar-refractivity contribution in [3.63, 3.8) is 0 Å². The van der Waals surface area contributed by atoms with Crippen LogP contribution in [0.15, 0.2) is 42.5 Å². The number of nitrogens with one attached hydrogen (secondary N) is 1. The van der Waals surface area contributed by atoms with Gasteiger partial charge in [0.05, 0.1) is 6.04 Å². The minimum Gasteiger partial charge on any atom is -0.507 e. The Hall–Kier alpha value is -2.79. The predicted molar refractivity (Wildman–Crippen MR) is 128 cm³/mol. The molecule has 2 N–H and O–H groups in total. The van der Waals surface area contributed by atoms with Gasteiger partial charge in [-0.15, -0.1) is 0 Å². The normalized spacial score (nSPS) is 16.0. The van der Waals surface area contributed by atoms with E-state index < -0.39 is 0 Å². The maximum Gasteiger partial charge on any atom is 0.273 e. The molecule has 2 heterocycles. The van der Waals surface area contributed by atoms with Crippen LogP contribution in [-0.4, -0.2) is 32.7 Å². The number of H-pyrrole nitrogens is 1. The van der Waals surface area contributed by atoms with Crippen molar-refractivity contribution in [3.05, 3.63) is 69.9 Å². The van der Waals surface area contributed by atoms with E-state index in [0.29, 0.717) is 28.5 Å². The van der Waals surface area contributed by atoms with Gasteiger partial charge in [-0.05, 0) is 41.2 Å². The Labute approximate surface area is 194 Å². The van der Waals surface area contributed by atoms with Crippen LogP contribution in [0.2, 0.25) is 5.02 Å². The number of hydrogen-bond donors (Lipinski definition) is 2. The molecule has 5 nitrogen and oxygen atoms in total. The van der Waals surface area contributed by atoms with Crippen LogP contribution in [0.5, 0.6) is 5.75 Å². The van der Waals surface area contributed by atoms with Crippen LogP contribution in [0.4, 0.5) is 0 Å². The number of carbonyl (C=O) groups is 1. The highest BCUT2D eigenvalue weighted by Gasteiger charge is 2.42. The van der Waals surface area contributed by atoms with Gasteiger partial charge >= 0.3 is 0 Å². The highest BCUT2D eigenvalue weighted by atomic mass is 35.5. The van der Waals surface area contributed by atoms with Gasteiger partial charge in [-0.2, -0.15) is 5.10 Å². The summed E-state index contributed by atoms with van der Waals surface area (Å²) in [7, 11) is 0. The molecule has 3 aromatic rings. The van der Waals surface area contributed by atoms with Gasteiger partial charge in [0.15, 0.2) is 0 Å². The number of benzene rings is 2. The van der Waals surface area contributed by atoms with E-state index in [0.717, 1.165) is 30.4 Å². The number of aromatic nitrogens is 2. The van der Waals surface area contributed by atoms with E-state index in [9.17, 15) is 9.90 Å². The van der Waals surface area contributed by atoms with Crippen molar-refractivity contribution in [2.45, 2.75) is 58.4 Å². The number of aromatic amines is 1. The molecule has 1 amide bonds. The molecule has 1 aromatic heterocycles. The minimum absolute atomic E-state index is 0.0450. The van der Waals surface area contributed by atoms with Crippen LogP contribution >= 0.6 is 11.6 Å². The first kappa shape index (κ1) is 22.4. The molecule has 0 saturated carbocycles. The molecule has 0 spiro atoms. The van der Waals surface area contributed by atoms with Crippen LogP contribution in [0.1, 0.15) is 80.2 Å². The van der Waals surface area contributed by atoms with Crippen molar-refractivity contribution < 1.29 is 9.90 Å².